The quantitative estimate of drug-likeness (QED) is 0.742. The number of hydrogen-bond donors (Lipinski definition) is 0. The maximum absolute atomic E-state index is 6.06. The Labute approximate surface area is 106 Å². The minimum atomic E-state index is -0.369. The van der Waals surface area contributed by atoms with Gasteiger partial charge in [0.05, 0.1) is 12.2 Å². The van der Waals surface area contributed by atoms with Crippen LogP contribution in [-0.4, -0.2) is 18.0 Å². The average molecular weight is 240 g/mol. The highest BCUT2D eigenvalue weighted by molar-refractivity contribution is 4.92. The number of fused-ring (bicyclic) bond motifs is 1. The van der Waals surface area contributed by atoms with Crippen LogP contribution in [0.15, 0.2) is 0 Å². The SMILES string of the molecule is CCC[C@@H](C)[C@H]1C[C@@H](C)[C@@H]2OC(C)(C)O[C@@H]2C1. The van der Waals surface area contributed by atoms with Crippen LogP contribution in [-0.2, 0) is 9.47 Å². The molecule has 0 aromatic heterocycles. The lowest BCUT2D eigenvalue weighted by molar-refractivity contribution is -0.148. The van der Waals surface area contributed by atoms with Crippen LogP contribution in [0, 0.1) is 17.8 Å². The van der Waals surface area contributed by atoms with Crippen LogP contribution < -0.4 is 0 Å². The second-order valence-corrected chi connectivity index (χ2v) is 6.61. The molecule has 100 valence electrons. The lowest BCUT2D eigenvalue weighted by Crippen LogP contribution is -2.39. The van der Waals surface area contributed by atoms with E-state index in [1.807, 2.05) is 13.8 Å². The first-order valence-electron chi connectivity index (χ1n) is 7.28. The fourth-order valence-electron chi connectivity index (χ4n) is 3.69. The molecule has 0 N–H and O–H groups in total. The minimum Gasteiger partial charge on any atom is -0.345 e. The van der Waals surface area contributed by atoms with Crippen LogP contribution in [0.25, 0.3) is 0 Å². The summed E-state index contributed by atoms with van der Waals surface area (Å²) in [4.78, 5) is 0. The molecule has 0 aromatic rings. The smallest absolute Gasteiger partial charge is 0.163 e. The van der Waals surface area contributed by atoms with Crippen LogP contribution in [0.2, 0.25) is 0 Å². The molecule has 2 fully saturated rings. The van der Waals surface area contributed by atoms with Crippen molar-refractivity contribution >= 4 is 0 Å². The molecule has 0 unspecified atom stereocenters. The van der Waals surface area contributed by atoms with Crippen LogP contribution in [0.1, 0.15) is 60.3 Å². The summed E-state index contributed by atoms with van der Waals surface area (Å²) in [5.41, 5.74) is 0. The van der Waals surface area contributed by atoms with Crippen molar-refractivity contribution in [2.45, 2.75) is 78.3 Å². The molecule has 0 radical (unpaired) electrons. The lowest BCUT2D eigenvalue weighted by atomic mass is 9.72. The van der Waals surface area contributed by atoms with E-state index in [4.69, 9.17) is 9.47 Å². The van der Waals surface area contributed by atoms with E-state index in [0.717, 1.165) is 11.8 Å². The fourth-order valence-corrected chi connectivity index (χ4v) is 3.69. The van der Waals surface area contributed by atoms with Crippen LogP contribution >= 0.6 is 0 Å². The van der Waals surface area contributed by atoms with Crippen molar-refractivity contribution in [3.63, 3.8) is 0 Å². The molecule has 1 aliphatic carbocycles. The van der Waals surface area contributed by atoms with Gasteiger partial charge in [0.1, 0.15) is 0 Å². The molecule has 2 rings (SSSR count). The zero-order chi connectivity index (χ0) is 12.6. The third kappa shape index (κ3) is 2.85. The average Bonchev–Trinajstić information content (AvgIpc) is 2.53. The zero-order valence-corrected chi connectivity index (χ0v) is 12.0. The van der Waals surface area contributed by atoms with Crippen molar-refractivity contribution in [2.75, 3.05) is 0 Å². The predicted molar refractivity (Wildman–Crippen MR) is 69.8 cm³/mol. The molecule has 2 aliphatic rings. The summed E-state index contributed by atoms with van der Waals surface area (Å²) in [5, 5.41) is 0. The molecule has 0 spiro atoms. The van der Waals surface area contributed by atoms with Gasteiger partial charge in [-0.1, -0.05) is 33.6 Å². The summed E-state index contributed by atoms with van der Waals surface area (Å²) >= 11 is 0. The molecule has 2 heteroatoms. The maximum Gasteiger partial charge on any atom is 0.163 e. The molecule has 17 heavy (non-hydrogen) atoms. The topological polar surface area (TPSA) is 18.5 Å². The van der Waals surface area contributed by atoms with Crippen molar-refractivity contribution in [3.8, 4) is 0 Å². The van der Waals surface area contributed by atoms with Crippen LogP contribution in [0.5, 0.6) is 0 Å². The van der Waals surface area contributed by atoms with Crippen molar-refractivity contribution < 1.29 is 9.47 Å². The van der Waals surface area contributed by atoms with Gasteiger partial charge in [-0.3, -0.25) is 0 Å². The van der Waals surface area contributed by atoms with Gasteiger partial charge in [0.15, 0.2) is 5.79 Å². The molecule has 1 saturated carbocycles. The highest BCUT2D eigenvalue weighted by Crippen LogP contribution is 2.44. The fraction of sp³-hybridized carbons (Fsp3) is 1.00. The van der Waals surface area contributed by atoms with E-state index in [-0.39, 0.29) is 5.79 Å². The van der Waals surface area contributed by atoms with Crippen molar-refractivity contribution in [2.24, 2.45) is 17.8 Å². The molecule has 0 amide bonds. The third-order valence-corrected chi connectivity index (χ3v) is 4.54. The lowest BCUT2D eigenvalue weighted by Gasteiger charge is -2.37. The Morgan fingerprint density at radius 2 is 1.94 bits per heavy atom. The normalized spacial score (nSPS) is 42.2. The molecule has 2 nitrogen and oxygen atoms in total. The van der Waals surface area contributed by atoms with E-state index < -0.39 is 0 Å². The molecule has 1 heterocycles. The summed E-state index contributed by atoms with van der Waals surface area (Å²) in [6, 6.07) is 0. The Morgan fingerprint density at radius 3 is 2.59 bits per heavy atom. The van der Waals surface area contributed by atoms with E-state index in [0.29, 0.717) is 18.1 Å². The molecule has 5 atom stereocenters. The number of rotatable bonds is 3. The number of ether oxygens (including phenoxy) is 2. The van der Waals surface area contributed by atoms with Gasteiger partial charge in [0, 0.05) is 0 Å². The first-order chi connectivity index (χ1) is 7.93. The number of hydrogen-bond acceptors (Lipinski definition) is 2. The second kappa shape index (κ2) is 4.89. The summed E-state index contributed by atoms with van der Waals surface area (Å²) in [6.45, 7) is 11.1. The van der Waals surface area contributed by atoms with Gasteiger partial charge in [-0.05, 0) is 44.4 Å². The zero-order valence-electron chi connectivity index (χ0n) is 12.0. The van der Waals surface area contributed by atoms with Crippen molar-refractivity contribution in [1.82, 2.24) is 0 Å². The maximum atomic E-state index is 6.06. The van der Waals surface area contributed by atoms with Gasteiger partial charge < -0.3 is 9.47 Å². The summed E-state index contributed by atoms with van der Waals surface area (Å²) in [7, 11) is 0. The van der Waals surface area contributed by atoms with Gasteiger partial charge in [-0.15, -0.1) is 0 Å². The minimum absolute atomic E-state index is 0.329. The Bertz CT molecular complexity index is 262. The van der Waals surface area contributed by atoms with E-state index in [9.17, 15) is 0 Å². The monoisotopic (exact) mass is 240 g/mol. The molecule has 0 aromatic carbocycles. The second-order valence-electron chi connectivity index (χ2n) is 6.61. The van der Waals surface area contributed by atoms with Gasteiger partial charge >= 0.3 is 0 Å². The Hall–Kier alpha value is -0.0800. The Balaban J connectivity index is 2.00. The van der Waals surface area contributed by atoms with E-state index in [2.05, 4.69) is 20.8 Å². The van der Waals surface area contributed by atoms with Gasteiger partial charge in [0.2, 0.25) is 0 Å². The van der Waals surface area contributed by atoms with E-state index >= 15 is 0 Å². The van der Waals surface area contributed by atoms with Gasteiger partial charge in [-0.25, -0.2) is 0 Å². The predicted octanol–water partition coefficient (Wildman–Crippen LogP) is 3.99. The van der Waals surface area contributed by atoms with Crippen LogP contribution in [0.3, 0.4) is 0 Å². The molecule has 1 saturated heterocycles. The standard InChI is InChI=1S/C15H28O2/c1-6-7-10(2)12-8-11(3)14-13(9-12)16-15(4,5)17-14/h10-14H,6-9H2,1-5H3/t10-,11-,12+,13-,14+/m1/s1. The summed E-state index contributed by atoms with van der Waals surface area (Å²) in [5.74, 6) is 1.92. The summed E-state index contributed by atoms with van der Waals surface area (Å²) in [6.07, 6.45) is 5.80. The molecular weight excluding hydrogens is 212 g/mol. The summed E-state index contributed by atoms with van der Waals surface area (Å²) < 4.78 is 12.1. The van der Waals surface area contributed by atoms with Gasteiger partial charge in [0.25, 0.3) is 0 Å². The first kappa shape index (κ1) is 13.4. The third-order valence-electron chi connectivity index (χ3n) is 4.54. The highest BCUT2D eigenvalue weighted by atomic mass is 16.8. The molecule has 1 aliphatic heterocycles. The first-order valence-corrected chi connectivity index (χ1v) is 7.28. The van der Waals surface area contributed by atoms with E-state index in [1.165, 1.54) is 25.7 Å². The van der Waals surface area contributed by atoms with Crippen molar-refractivity contribution in [1.29, 1.82) is 0 Å². The van der Waals surface area contributed by atoms with E-state index in [1.54, 1.807) is 0 Å². The Kier molecular flexibility index (Phi) is 3.84. The van der Waals surface area contributed by atoms with Gasteiger partial charge in [-0.2, -0.15) is 0 Å². The van der Waals surface area contributed by atoms with Crippen LogP contribution in [0.4, 0.5) is 0 Å². The molecular formula is C15H28O2. The van der Waals surface area contributed by atoms with Crippen molar-refractivity contribution in [3.05, 3.63) is 0 Å². The Morgan fingerprint density at radius 1 is 1.24 bits per heavy atom. The highest BCUT2D eigenvalue weighted by Gasteiger charge is 2.48. The largest absolute Gasteiger partial charge is 0.345 e. The molecule has 0 bridgehead atoms.